The van der Waals surface area contributed by atoms with E-state index in [1.54, 1.807) is 0 Å². The lowest BCUT2D eigenvalue weighted by Crippen LogP contribution is -2.33. The van der Waals surface area contributed by atoms with Gasteiger partial charge in [-0.3, -0.25) is 9.59 Å². The van der Waals surface area contributed by atoms with Crippen molar-refractivity contribution >= 4 is 11.6 Å². The van der Waals surface area contributed by atoms with Gasteiger partial charge in [0.05, 0.1) is 0 Å². The number of allylic oxidation sites excluding steroid dienone is 2. The molecule has 0 aromatic heterocycles. The van der Waals surface area contributed by atoms with Crippen molar-refractivity contribution in [3.8, 4) is 0 Å². The van der Waals surface area contributed by atoms with Gasteiger partial charge in [0.15, 0.2) is 11.6 Å². The molecule has 4 atom stereocenters. The minimum atomic E-state index is -0.222. The molecule has 0 spiro atoms. The Balaban J connectivity index is 1.69. The van der Waals surface area contributed by atoms with Crippen LogP contribution in [0.4, 0.5) is 0 Å². The summed E-state index contributed by atoms with van der Waals surface area (Å²) in [6, 6.07) is 18.7. The van der Waals surface area contributed by atoms with Crippen molar-refractivity contribution in [1.29, 1.82) is 0 Å². The molecule has 1 fully saturated rings. The number of carbonyl (C=O) groups excluding carboxylic acids is 2. The molecule has 114 valence electrons. The first-order valence-corrected chi connectivity index (χ1v) is 8.12. The Bertz CT molecular complexity index is 695. The van der Waals surface area contributed by atoms with E-state index in [1.165, 1.54) is 0 Å². The van der Waals surface area contributed by atoms with Gasteiger partial charge in [0, 0.05) is 23.0 Å². The minimum Gasteiger partial charge on any atom is -0.294 e. The largest absolute Gasteiger partial charge is 0.294 e. The zero-order valence-corrected chi connectivity index (χ0v) is 12.8. The SMILES string of the molecule is O=C(c1ccccc1)[C@@H]1[C@H](C(=O)c2ccccc2)[C@@H]2C=C[C@H]1C2. The fourth-order valence-electron chi connectivity index (χ4n) is 4.13. The van der Waals surface area contributed by atoms with Gasteiger partial charge in [0.2, 0.25) is 0 Å². The van der Waals surface area contributed by atoms with Gasteiger partial charge in [-0.2, -0.15) is 0 Å². The van der Waals surface area contributed by atoms with E-state index in [4.69, 9.17) is 0 Å². The molecule has 2 aromatic rings. The number of fused-ring (bicyclic) bond motifs is 2. The maximum Gasteiger partial charge on any atom is 0.167 e. The van der Waals surface area contributed by atoms with Crippen molar-refractivity contribution in [2.45, 2.75) is 6.42 Å². The normalized spacial score (nSPS) is 28.0. The highest BCUT2D eigenvalue weighted by Crippen LogP contribution is 2.50. The molecule has 0 amide bonds. The predicted octanol–water partition coefficient (Wildman–Crippen LogP) is 4.19. The quantitative estimate of drug-likeness (QED) is 0.627. The Hall–Kier alpha value is -2.48. The van der Waals surface area contributed by atoms with E-state index in [9.17, 15) is 9.59 Å². The molecule has 1 saturated carbocycles. The van der Waals surface area contributed by atoms with Crippen LogP contribution in [0.5, 0.6) is 0 Å². The van der Waals surface area contributed by atoms with Crippen molar-refractivity contribution in [1.82, 2.24) is 0 Å². The van der Waals surface area contributed by atoms with Crippen molar-refractivity contribution in [2.75, 3.05) is 0 Å². The van der Waals surface area contributed by atoms with Gasteiger partial charge < -0.3 is 0 Å². The van der Waals surface area contributed by atoms with E-state index < -0.39 is 0 Å². The number of ketones is 2. The summed E-state index contributed by atoms with van der Waals surface area (Å²) < 4.78 is 0. The van der Waals surface area contributed by atoms with Crippen LogP contribution in [0.25, 0.3) is 0 Å². The van der Waals surface area contributed by atoms with Crippen molar-refractivity contribution in [2.24, 2.45) is 23.7 Å². The molecule has 0 unspecified atom stereocenters. The topological polar surface area (TPSA) is 34.1 Å². The third-order valence-electron chi connectivity index (χ3n) is 5.18. The second-order valence-corrected chi connectivity index (χ2v) is 6.46. The molecule has 0 saturated heterocycles. The number of carbonyl (C=O) groups is 2. The average molecular weight is 302 g/mol. The summed E-state index contributed by atoms with van der Waals surface area (Å²) >= 11 is 0. The van der Waals surface area contributed by atoms with Crippen LogP contribution in [0.2, 0.25) is 0 Å². The Morgan fingerprint density at radius 2 is 1.04 bits per heavy atom. The van der Waals surface area contributed by atoms with Crippen molar-refractivity contribution in [3.05, 3.63) is 83.9 Å². The van der Waals surface area contributed by atoms with Gasteiger partial charge >= 0.3 is 0 Å². The van der Waals surface area contributed by atoms with Crippen LogP contribution in [-0.4, -0.2) is 11.6 Å². The maximum absolute atomic E-state index is 13.0. The third-order valence-corrected chi connectivity index (χ3v) is 5.18. The molecular formula is C21H18O2. The number of benzene rings is 2. The molecule has 2 aromatic carbocycles. The molecule has 2 aliphatic carbocycles. The highest BCUT2D eigenvalue weighted by atomic mass is 16.1. The summed E-state index contributed by atoms with van der Waals surface area (Å²) in [4.78, 5) is 26.0. The first kappa shape index (κ1) is 14.1. The van der Waals surface area contributed by atoms with Crippen LogP contribution in [0.1, 0.15) is 27.1 Å². The lowest BCUT2D eigenvalue weighted by atomic mass is 9.75. The first-order chi connectivity index (χ1) is 11.3. The molecule has 0 N–H and O–H groups in total. The summed E-state index contributed by atoms with van der Waals surface area (Å²) in [5.41, 5.74) is 1.42. The molecule has 2 heteroatoms. The van der Waals surface area contributed by atoms with Crippen LogP contribution in [-0.2, 0) is 0 Å². The van der Waals surface area contributed by atoms with Crippen molar-refractivity contribution < 1.29 is 9.59 Å². The Labute approximate surface area is 135 Å². The first-order valence-electron chi connectivity index (χ1n) is 8.12. The lowest BCUT2D eigenvalue weighted by molar-refractivity contribution is 0.0752. The molecule has 23 heavy (non-hydrogen) atoms. The number of hydrogen-bond acceptors (Lipinski definition) is 2. The van der Waals surface area contributed by atoms with E-state index in [-0.39, 0.29) is 35.2 Å². The summed E-state index contributed by atoms with van der Waals surface area (Å²) in [5, 5.41) is 0. The second kappa shape index (κ2) is 5.62. The van der Waals surface area contributed by atoms with Crippen LogP contribution >= 0.6 is 0 Å². The predicted molar refractivity (Wildman–Crippen MR) is 89.3 cm³/mol. The molecule has 4 rings (SSSR count). The van der Waals surface area contributed by atoms with Crippen LogP contribution in [0.3, 0.4) is 0 Å². The molecule has 0 aliphatic heterocycles. The summed E-state index contributed by atoms with van der Waals surface area (Å²) in [6.07, 6.45) is 5.18. The summed E-state index contributed by atoms with van der Waals surface area (Å²) in [6.45, 7) is 0. The van der Waals surface area contributed by atoms with E-state index in [0.29, 0.717) is 11.1 Å². The average Bonchev–Trinajstić information content (AvgIpc) is 3.23. The molecule has 0 radical (unpaired) electrons. The Morgan fingerprint density at radius 3 is 1.43 bits per heavy atom. The molecule has 2 bridgehead atoms. The highest BCUT2D eigenvalue weighted by molar-refractivity contribution is 6.06. The summed E-state index contributed by atoms with van der Waals surface area (Å²) in [5.74, 6) is 0.171. The number of Topliss-reactive ketones (excluding diaryl/α,β-unsaturated/α-hetero) is 2. The Morgan fingerprint density at radius 1 is 0.652 bits per heavy atom. The molecule has 2 aliphatic rings. The van der Waals surface area contributed by atoms with Gasteiger partial charge in [-0.15, -0.1) is 0 Å². The molecular weight excluding hydrogens is 284 g/mol. The summed E-state index contributed by atoms with van der Waals surface area (Å²) in [7, 11) is 0. The van der Waals surface area contributed by atoms with Gasteiger partial charge in [-0.1, -0.05) is 72.8 Å². The Kier molecular flexibility index (Phi) is 3.45. The third kappa shape index (κ3) is 2.35. The second-order valence-electron chi connectivity index (χ2n) is 6.46. The zero-order chi connectivity index (χ0) is 15.8. The fourth-order valence-corrected chi connectivity index (χ4v) is 4.13. The lowest BCUT2D eigenvalue weighted by Gasteiger charge is -2.26. The number of hydrogen-bond donors (Lipinski definition) is 0. The van der Waals surface area contributed by atoms with Gasteiger partial charge in [0.25, 0.3) is 0 Å². The zero-order valence-electron chi connectivity index (χ0n) is 12.8. The molecule has 0 heterocycles. The smallest absolute Gasteiger partial charge is 0.167 e. The van der Waals surface area contributed by atoms with Crippen molar-refractivity contribution in [3.63, 3.8) is 0 Å². The minimum absolute atomic E-state index is 0.108. The number of rotatable bonds is 4. The molecule has 2 nitrogen and oxygen atoms in total. The van der Waals surface area contributed by atoms with Gasteiger partial charge in [-0.05, 0) is 18.3 Å². The van der Waals surface area contributed by atoms with E-state index in [0.717, 1.165) is 6.42 Å². The van der Waals surface area contributed by atoms with Crippen LogP contribution in [0.15, 0.2) is 72.8 Å². The maximum atomic E-state index is 13.0. The van der Waals surface area contributed by atoms with E-state index >= 15 is 0 Å². The fraction of sp³-hybridized carbons (Fsp3) is 0.238. The monoisotopic (exact) mass is 302 g/mol. The van der Waals surface area contributed by atoms with Crippen LogP contribution in [0, 0.1) is 23.7 Å². The van der Waals surface area contributed by atoms with E-state index in [2.05, 4.69) is 12.2 Å². The van der Waals surface area contributed by atoms with Gasteiger partial charge in [0.1, 0.15) is 0 Å². The van der Waals surface area contributed by atoms with Gasteiger partial charge in [-0.25, -0.2) is 0 Å². The van der Waals surface area contributed by atoms with Crippen LogP contribution < -0.4 is 0 Å². The van der Waals surface area contributed by atoms with E-state index in [1.807, 2.05) is 60.7 Å². The highest BCUT2D eigenvalue weighted by Gasteiger charge is 2.51. The standard InChI is InChI=1S/C21H18O2/c22-20(14-7-3-1-4-8-14)18-16-11-12-17(13-16)19(18)21(23)15-9-5-2-6-10-15/h1-12,16-19H,13H2/t16-,17+,18-,19+.